The second kappa shape index (κ2) is 5.16. The zero-order valence-electron chi connectivity index (χ0n) is 10.1. The van der Waals surface area contributed by atoms with E-state index in [1.807, 2.05) is 36.4 Å². The van der Waals surface area contributed by atoms with Gasteiger partial charge in [-0.3, -0.25) is 4.79 Å². The maximum absolute atomic E-state index is 12.1. The number of carbonyl (C=O) groups excluding carboxylic acids is 1. The summed E-state index contributed by atoms with van der Waals surface area (Å²) in [6, 6.07) is 12.0. The van der Waals surface area contributed by atoms with E-state index < -0.39 is 0 Å². The summed E-state index contributed by atoms with van der Waals surface area (Å²) in [5, 5.41) is 3.05. The Balaban J connectivity index is 1.97. The monoisotopic (exact) mass is 365 g/mol. The zero-order chi connectivity index (χ0) is 13.2. The summed E-state index contributed by atoms with van der Waals surface area (Å²) in [6.07, 6.45) is 1.79. The Morgan fingerprint density at radius 3 is 2.89 bits per heavy atom. The number of amides is 1. The molecule has 4 nitrogen and oxygen atoms in total. The fourth-order valence-electron chi connectivity index (χ4n) is 2.10. The van der Waals surface area contributed by atoms with E-state index in [9.17, 15) is 4.79 Å². The van der Waals surface area contributed by atoms with Crippen LogP contribution in [0.5, 0.6) is 0 Å². The van der Waals surface area contributed by atoms with Crippen molar-refractivity contribution in [2.45, 2.75) is 6.54 Å². The average Bonchev–Trinajstić information content (AvgIpc) is 2.43. The Morgan fingerprint density at radius 2 is 2.11 bits per heavy atom. The van der Waals surface area contributed by atoms with Gasteiger partial charge in [0.05, 0.1) is 18.8 Å². The molecule has 0 bridgehead atoms. The normalized spacial score (nSPS) is 13.9. The number of nitrogens with one attached hydrogen (secondary N) is 1. The van der Waals surface area contributed by atoms with Crippen molar-refractivity contribution in [3.63, 3.8) is 0 Å². The lowest BCUT2D eigenvalue weighted by molar-refractivity contribution is -0.117. The number of anilines is 2. The number of benzene rings is 1. The lowest BCUT2D eigenvalue weighted by Gasteiger charge is -2.29. The van der Waals surface area contributed by atoms with E-state index in [1.54, 1.807) is 11.1 Å². The lowest BCUT2D eigenvalue weighted by Crippen LogP contribution is -2.39. The largest absolute Gasteiger partial charge is 0.359 e. The lowest BCUT2D eigenvalue weighted by atomic mass is 10.2. The van der Waals surface area contributed by atoms with Crippen molar-refractivity contribution in [1.82, 2.24) is 4.98 Å². The molecule has 3 rings (SSSR count). The molecule has 0 saturated heterocycles. The molecule has 0 atom stereocenters. The van der Waals surface area contributed by atoms with Crippen LogP contribution in [0.4, 0.5) is 11.5 Å². The first-order valence-electron chi connectivity index (χ1n) is 5.98. The quantitative estimate of drug-likeness (QED) is 0.833. The van der Waals surface area contributed by atoms with Crippen molar-refractivity contribution in [3.8, 4) is 0 Å². The summed E-state index contributed by atoms with van der Waals surface area (Å²) in [7, 11) is 0. The van der Waals surface area contributed by atoms with Crippen LogP contribution >= 0.6 is 22.6 Å². The van der Waals surface area contributed by atoms with Gasteiger partial charge in [-0.05, 0) is 34.2 Å². The van der Waals surface area contributed by atoms with Gasteiger partial charge in [-0.1, -0.05) is 30.3 Å². The number of halogens is 1. The third-order valence-corrected chi connectivity index (χ3v) is 3.61. The first kappa shape index (κ1) is 12.4. The summed E-state index contributed by atoms with van der Waals surface area (Å²) in [5.41, 5.74) is 1.97. The Morgan fingerprint density at radius 1 is 1.32 bits per heavy atom. The van der Waals surface area contributed by atoms with Gasteiger partial charge in [0.1, 0.15) is 0 Å². The SMILES string of the molecule is O=C1CNc2ncc(I)cc2N1Cc1ccccc1. The van der Waals surface area contributed by atoms with Gasteiger partial charge in [0, 0.05) is 9.77 Å². The van der Waals surface area contributed by atoms with E-state index >= 15 is 0 Å². The molecule has 0 radical (unpaired) electrons. The minimum atomic E-state index is 0.0696. The summed E-state index contributed by atoms with van der Waals surface area (Å²) in [5.74, 6) is 0.844. The maximum Gasteiger partial charge on any atom is 0.246 e. The summed E-state index contributed by atoms with van der Waals surface area (Å²) in [6.45, 7) is 0.879. The predicted molar refractivity (Wildman–Crippen MR) is 83.1 cm³/mol. The van der Waals surface area contributed by atoms with Crippen LogP contribution in [0.2, 0.25) is 0 Å². The van der Waals surface area contributed by atoms with Crippen LogP contribution in [0.15, 0.2) is 42.6 Å². The van der Waals surface area contributed by atoms with E-state index in [-0.39, 0.29) is 5.91 Å². The number of hydrogen-bond donors (Lipinski definition) is 1. The van der Waals surface area contributed by atoms with Crippen LogP contribution in [0.25, 0.3) is 0 Å². The van der Waals surface area contributed by atoms with Crippen LogP contribution < -0.4 is 10.2 Å². The molecule has 0 fully saturated rings. The number of pyridine rings is 1. The molecule has 5 heteroatoms. The smallest absolute Gasteiger partial charge is 0.246 e. The second-order valence-electron chi connectivity index (χ2n) is 4.34. The Kier molecular flexibility index (Phi) is 3.37. The van der Waals surface area contributed by atoms with Crippen LogP contribution in [0, 0.1) is 3.57 Å². The van der Waals surface area contributed by atoms with Gasteiger partial charge in [-0.2, -0.15) is 0 Å². The van der Waals surface area contributed by atoms with Crippen molar-refractivity contribution < 1.29 is 4.79 Å². The van der Waals surface area contributed by atoms with E-state index in [2.05, 4.69) is 32.9 Å². The number of fused-ring (bicyclic) bond motifs is 1. The first-order valence-corrected chi connectivity index (χ1v) is 7.05. The molecule has 0 unspecified atom stereocenters. The fourth-order valence-corrected chi connectivity index (χ4v) is 2.53. The maximum atomic E-state index is 12.1. The predicted octanol–water partition coefficient (Wildman–Crippen LogP) is 2.64. The number of nitrogens with zero attached hydrogens (tertiary/aromatic N) is 2. The highest BCUT2D eigenvalue weighted by molar-refractivity contribution is 14.1. The Hall–Kier alpha value is -1.63. The Bertz CT molecular complexity index is 615. The topological polar surface area (TPSA) is 45.2 Å². The minimum Gasteiger partial charge on any atom is -0.359 e. The molecule has 2 heterocycles. The molecule has 0 saturated carbocycles. The van der Waals surface area contributed by atoms with Gasteiger partial charge in [-0.15, -0.1) is 0 Å². The van der Waals surface area contributed by atoms with Gasteiger partial charge in [0.2, 0.25) is 5.91 Å². The molecule has 1 aliphatic rings. The standard InChI is InChI=1S/C14H12IN3O/c15-11-6-12-14(16-7-11)17-8-13(19)18(12)9-10-4-2-1-3-5-10/h1-7H,8-9H2,(H,16,17). The van der Waals surface area contributed by atoms with Crippen molar-refractivity contribution in [2.24, 2.45) is 0 Å². The molecule has 0 aliphatic carbocycles. The van der Waals surface area contributed by atoms with Crippen LogP contribution in [0.3, 0.4) is 0 Å². The molecule has 2 aromatic rings. The number of carbonyl (C=O) groups is 1. The minimum absolute atomic E-state index is 0.0696. The van der Waals surface area contributed by atoms with Crippen molar-refractivity contribution in [1.29, 1.82) is 0 Å². The number of hydrogen-bond acceptors (Lipinski definition) is 3. The van der Waals surface area contributed by atoms with Crippen molar-refractivity contribution in [2.75, 3.05) is 16.8 Å². The molecule has 0 spiro atoms. The van der Waals surface area contributed by atoms with Gasteiger partial charge < -0.3 is 10.2 Å². The molecule has 1 aliphatic heterocycles. The van der Waals surface area contributed by atoms with E-state index in [0.717, 1.165) is 20.6 Å². The van der Waals surface area contributed by atoms with Crippen LogP contribution in [0.1, 0.15) is 5.56 Å². The number of aromatic nitrogens is 1. The first-order chi connectivity index (χ1) is 9.24. The zero-order valence-corrected chi connectivity index (χ0v) is 12.3. The van der Waals surface area contributed by atoms with Crippen molar-refractivity contribution in [3.05, 3.63) is 51.7 Å². The summed E-state index contributed by atoms with van der Waals surface area (Å²) < 4.78 is 1.02. The molecule has 1 aromatic carbocycles. The highest BCUT2D eigenvalue weighted by atomic mass is 127. The molecule has 19 heavy (non-hydrogen) atoms. The fraction of sp³-hybridized carbons (Fsp3) is 0.143. The molecular formula is C14H12IN3O. The highest BCUT2D eigenvalue weighted by Gasteiger charge is 2.24. The third kappa shape index (κ3) is 2.56. The molecular weight excluding hydrogens is 353 g/mol. The Labute approximate surface area is 125 Å². The van der Waals surface area contributed by atoms with E-state index in [1.165, 1.54) is 0 Å². The van der Waals surface area contributed by atoms with Gasteiger partial charge in [0.15, 0.2) is 5.82 Å². The van der Waals surface area contributed by atoms with Crippen LogP contribution in [-0.2, 0) is 11.3 Å². The van der Waals surface area contributed by atoms with Gasteiger partial charge in [-0.25, -0.2) is 4.98 Å². The average molecular weight is 365 g/mol. The van der Waals surface area contributed by atoms with Gasteiger partial charge >= 0.3 is 0 Å². The third-order valence-electron chi connectivity index (χ3n) is 3.02. The summed E-state index contributed by atoms with van der Waals surface area (Å²) in [4.78, 5) is 18.2. The molecule has 1 aromatic heterocycles. The number of rotatable bonds is 2. The van der Waals surface area contributed by atoms with Crippen LogP contribution in [-0.4, -0.2) is 17.4 Å². The van der Waals surface area contributed by atoms with Crippen molar-refractivity contribution >= 4 is 40.0 Å². The van der Waals surface area contributed by atoms with E-state index in [4.69, 9.17) is 0 Å². The van der Waals surface area contributed by atoms with Gasteiger partial charge in [0.25, 0.3) is 0 Å². The summed E-state index contributed by atoms with van der Waals surface area (Å²) >= 11 is 2.21. The molecule has 1 amide bonds. The highest BCUT2D eigenvalue weighted by Crippen LogP contribution is 2.30. The van der Waals surface area contributed by atoms with E-state index in [0.29, 0.717) is 13.1 Å². The second-order valence-corrected chi connectivity index (χ2v) is 5.59. The molecule has 96 valence electrons. The molecule has 1 N–H and O–H groups in total.